The van der Waals surface area contributed by atoms with Crippen molar-refractivity contribution in [3.8, 4) is 11.5 Å². The van der Waals surface area contributed by atoms with Gasteiger partial charge in [0.05, 0.1) is 32.0 Å². The Kier molecular flexibility index (Phi) is 7.15. The Bertz CT molecular complexity index is 1580. The number of ketones is 3. The first-order valence-electron chi connectivity index (χ1n) is 13.1. The van der Waals surface area contributed by atoms with E-state index < -0.39 is 81.8 Å². The highest BCUT2D eigenvalue weighted by Gasteiger charge is 2.74. The van der Waals surface area contributed by atoms with E-state index in [1.165, 1.54) is 19.1 Å². The fourth-order valence-electron chi connectivity index (χ4n) is 6.11. The minimum absolute atomic E-state index is 0.0307. The molecule has 2 aromatic rings. The standard InChI is InChI=1S/C29H30O13/c1-11-20-13(9-16(21(11)27(36)39-4)42-19-7-6-15(30)12(2)41-19)8-14-22(23(20)32)26(35)29(40-5)18(31)10-17(38-3)25(34)28(29,37)24(14)33/h8-10,12,15,19,25,30,32,34,37H,6-7H2,1-5H3/t12-,15+,19-,25+,28+,29+/m0/s1. The van der Waals surface area contributed by atoms with Gasteiger partial charge in [0.2, 0.25) is 28.6 Å². The van der Waals surface area contributed by atoms with E-state index in [1.807, 2.05) is 0 Å². The van der Waals surface area contributed by atoms with Crippen LogP contribution in [0, 0.1) is 6.92 Å². The third-order valence-corrected chi connectivity index (χ3v) is 8.37. The molecule has 1 aliphatic heterocycles. The van der Waals surface area contributed by atoms with E-state index in [9.17, 15) is 39.6 Å². The van der Waals surface area contributed by atoms with E-state index in [0.29, 0.717) is 12.8 Å². The SMILES string of the molecule is COC(=O)c1c(O[C@H]2CC[C@@H](O)[C@H](C)O2)cc2cc3c(c(O)c2c1C)C(=O)[C@]1(OC)C(=O)C=C(OC)[C@@H](O)[C@]1(O)C3=O. The van der Waals surface area contributed by atoms with Gasteiger partial charge in [0, 0.05) is 30.6 Å². The Balaban J connectivity index is 1.77. The number of fused-ring (bicyclic) bond motifs is 3. The zero-order valence-corrected chi connectivity index (χ0v) is 23.4. The van der Waals surface area contributed by atoms with Crippen molar-refractivity contribution in [2.24, 2.45) is 0 Å². The molecule has 3 aliphatic rings. The molecule has 2 aromatic carbocycles. The van der Waals surface area contributed by atoms with Gasteiger partial charge in [-0.25, -0.2) is 4.79 Å². The normalized spacial score (nSPS) is 30.9. The second kappa shape index (κ2) is 10.1. The number of methoxy groups -OCH3 is 3. The minimum atomic E-state index is -3.14. The lowest BCUT2D eigenvalue weighted by molar-refractivity contribution is -0.180. The predicted octanol–water partition coefficient (Wildman–Crippen LogP) is 0.874. The number of hydrogen-bond acceptors (Lipinski definition) is 13. The number of hydrogen-bond donors (Lipinski definition) is 4. The Labute approximate surface area is 239 Å². The lowest BCUT2D eigenvalue weighted by Gasteiger charge is -2.49. The Morgan fingerprint density at radius 2 is 1.76 bits per heavy atom. The number of phenols is 1. The number of benzene rings is 2. The third-order valence-electron chi connectivity index (χ3n) is 8.37. The number of carbonyl (C=O) groups excluding carboxylic acids is 4. The molecule has 224 valence electrons. The van der Waals surface area contributed by atoms with Crippen molar-refractivity contribution in [1.82, 2.24) is 0 Å². The van der Waals surface area contributed by atoms with Gasteiger partial charge in [0.1, 0.15) is 22.8 Å². The highest BCUT2D eigenvalue weighted by Crippen LogP contribution is 2.50. The van der Waals surface area contributed by atoms with Crippen LogP contribution < -0.4 is 4.74 Å². The maximum absolute atomic E-state index is 14.0. The van der Waals surface area contributed by atoms with Crippen molar-refractivity contribution in [3.05, 3.63) is 46.2 Å². The fraction of sp³-hybridized carbons (Fsp3) is 0.448. The summed E-state index contributed by atoms with van der Waals surface area (Å²) in [7, 11) is 3.16. The zero-order chi connectivity index (χ0) is 30.9. The van der Waals surface area contributed by atoms with E-state index in [-0.39, 0.29) is 27.6 Å². The smallest absolute Gasteiger partial charge is 0.341 e. The second-order valence-electron chi connectivity index (χ2n) is 10.5. The summed E-state index contributed by atoms with van der Waals surface area (Å²) in [5, 5.41) is 44.2. The van der Waals surface area contributed by atoms with Crippen molar-refractivity contribution in [1.29, 1.82) is 0 Å². The molecule has 2 aliphatic carbocycles. The molecule has 0 spiro atoms. The first-order chi connectivity index (χ1) is 19.8. The number of rotatable bonds is 5. The van der Waals surface area contributed by atoms with Gasteiger partial charge in [0.15, 0.2) is 12.4 Å². The quantitative estimate of drug-likeness (QED) is 0.285. The van der Waals surface area contributed by atoms with Gasteiger partial charge in [-0.3, -0.25) is 14.4 Å². The van der Waals surface area contributed by atoms with Crippen LogP contribution in [-0.2, 0) is 23.7 Å². The number of esters is 1. The topological polar surface area (TPSA) is 195 Å². The highest BCUT2D eigenvalue weighted by molar-refractivity contribution is 6.35. The van der Waals surface area contributed by atoms with Crippen molar-refractivity contribution in [2.75, 3.05) is 21.3 Å². The summed E-state index contributed by atoms with van der Waals surface area (Å²) >= 11 is 0. The van der Waals surface area contributed by atoms with Crippen LogP contribution in [0.1, 0.15) is 56.4 Å². The van der Waals surface area contributed by atoms with Crippen LogP contribution >= 0.6 is 0 Å². The number of aliphatic hydroxyl groups excluding tert-OH is 2. The number of carbonyl (C=O) groups is 4. The third kappa shape index (κ3) is 3.74. The average Bonchev–Trinajstić information content (AvgIpc) is 2.95. The summed E-state index contributed by atoms with van der Waals surface area (Å²) in [6, 6.07) is 2.51. The largest absolute Gasteiger partial charge is 0.507 e. The molecule has 0 radical (unpaired) electrons. The molecule has 5 rings (SSSR count). The molecule has 0 aromatic heterocycles. The molecule has 6 atom stereocenters. The molecular weight excluding hydrogens is 556 g/mol. The Hall–Kier alpha value is -3.88. The monoisotopic (exact) mass is 586 g/mol. The lowest BCUT2D eigenvalue weighted by atomic mass is 9.60. The summed E-state index contributed by atoms with van der Waals surface area (Å²) in [5.41, 5.74) is -7.22. The van der Waals surface area contributed by atoms with Gasteiger partial charge < -0.3 is 44.1 Å². The highest BCUT2D eigenvalue weighted by atomic mass is 16.7. The molecule has 42 heavy (non-hydrogen) atoms. The molecule has 1 heterocycles. The van der Waals surface area contributed by atoms with E-state index >= 15 is 0 Å². The van der Waals surface area contributed by atoms with Crippen LogP contribution in [0.2, 0.25) is 0 Å². The average molecular weight is 587 g/mol. The number of aliphatic hydroxyl groups is 3. The lowest BCUT2D eigenvalue weighted by Crippen LogP contribution is -2.77. The van der Waals surface area contributed by atoms with E-state index in [1.54, 1.807) is 6.92 Å². The van der Waals surface area contributed by atoms with Gasteiger partial charge in [0.25, 0.3) is 0 Å². The molecule has 13 nitrogen and oxygen atoms in total. The van der Waals surface area contributed by atoms with Crippen LogP contribution in [-0.4, -0.2) is 101 Å². The van der Waals surface area contributed by atoms with Crippen molar-refractivity contribution in [2.45, 2.75) is 62.5 Å². The van der Waals surface area contributed by atoms with E-state index in [0.717, 1.165) is 27.4 Å². The number of phenolic OH excluding ortho intramolecular Hbond substituents is 1. The molecule has 13 heteroatoms. The van der Waals surface area contributed by atoms with Gasteiger partial charge in [-0.15, -0.1) is 0 Å². The summed E-state index contributed by atoms with van der Waals surface area (Å²) in [6.07, 6.45) is -2.88. The molecule has 0 bridgehead atoms. The van der Waals surface area contributed by atoms with Crippen molar-refractivity contribution in [3.63, 3.8) is 0 Å². The molecule has 1 fully saturated rings. The zero-order valence-electron chi connectivity index (χ0n) is 23.4. The molecule has 0 unspecified atom stereocenters. The van der Waals surface area contributed by atoms with Crippen LogP contribution in [0.3, 0.4) is 0 Å². The van der Waals surface area contributed by atoms with Crippen LogP contribution in [0.4, 0.5) is 0 Å². The molecule has 0 amide bonds. The minimum Gasteiger partial charge on any atom is -0.507 e. The molecule has 4 N–H and O–H groups in total. The maximum atomic E-state index is 14.0. The number of Topliss-reactive ketones (excluding diaryl/α,β-unsaturated/α-hetero) is 2. The van der Waals surface area contributed by atoms with Gasteiger partial charge >= 0.3 is 5.97 Å². The number of aromatic hydroxyl groups is 1. The Morgan fingerprint density at radius 1 is 1.07 bits per heavy atom. The summed E-state index contributed by atoms with van der Waals surface area (Å²) < 4.78 is 26.9. The van der Waals surface area contributed by atoms with Crippen LogP contribution in [0.15, 0.2) is 24.0 Å². The summed E-state index contributed by atoms with van der Waals surface area (Å²) in [5.74, 6) is -5.83. The summed E-state index contributed by atoms with van der Waals surface area (Å²) in [4.78, 5) is 54.1. The molecule has 1 saturated heterocycles. The van der Waals surface area contributed by atoms with Crippen LogP contribution in [0.5, 0.6) is 11.5 Å². The van der Waals surface area contributed by atoms with Gasteiger partial charge in [-0.2, -0.15) is 0 Å². The van der Waals surface area contributed by atoms with E-state index in [2.05, 4.69) is 0 Å². The molecule has 0 saturated carbocycles. The molecular formula is C29H30O13. The number of aryl methyl sites for hydroxylation is 1. The fourth-order valence-corrected chi connectivity index (χ4v) is 6.11. The van der Waals surface area contributed by atoms with Gasteiger partial charge in [-0.05, 0) is 43.4 Å². The maximum Gasteiger partial charge on any atom is 0.341 e. The first-order valence-corrected chi connectivity index (χ1v) is 13.1. The second-order valence-corrected chi connectivity index (χ2v) is 10.5. The summed E-state index contributed by atoms with van der Waals surface area (Å²) in [6.45, 7) is 3.13. The van der Waals surface area contributed by atoms with Crippen LogP contribution in [0.25, 0.3) is 10.8 Å². The first kappa shape index (κ1) is 29.6. The van der Waals surface area contributed by atoms with Crippen molar-refractivity contribution >= 4 is 34.1 Å². The number of ether oxygens (including phenoxy) is 5. The van der Waals surface area contributed by atoms with Crippen molar-refractivity contribution < 1.29 is 63.3 Å². The Morgan fingerprint density at radius 3 is 2.36 bits per heavy atom. The predicted molar refractivity (Wildman–Crippen MR) is 141 cm³/mol. The van der Waals surface area contributed by atoms with Gasteiger partial charge in [-0.1, -0.05) is 0 Å². The van der Waals surface area contributed by atoms with E-state index in [4.69, 9.17) is 23.7 Å².